The van der Waals surface area contributed by atoms with Crippen LogP contribution < -0.4 is 10.6 Å². The average molecular weight is 375 g/mol. The number of carbonyl (C=O) groups is 1. The van der Waals surface area contributed by atoms with Crippen molar-refractivity contribution in [3.63, 3.8) is 0 Å². The van der Waals surface area contributed by atoms with Gasteiger partial charge in [-0.2, -0.15) is 0 Å². The van der Waals surface area contributed by atoms with E-state index in [1.165, 1.54) is 6.20 Å². The number of benzene rings is 2. The van der Waals surface area contributed by atoms with E-state index in [0.717, 1.165) is 16.6 Å². The molecule has 2 N–H and O–H groups in total. The third-order valence-electron chi connectivity index (χ3n) is 4.00. The van der Waals surface area contributed by atoms with Crippen LogP contribution in [0.1, 0.15) is 10.4 Å². The molecule has 0 unspecified atom stereocenters. The van der Waals surface area contributed by atoms with Crippen molar-refractivity contribution in [1.29, 1.82) is 0 Å². The van der Waals surface area contributed by atoms with Crippen LogP contribution >= 0.6 is 11.6 Å². The van der Waals surface area contributed by atoms with Gasteiger partial charge in [-0.3, -0.25) is 9.78 Å². The molecule has 0 bridgehead atoms. The number of aromatic nitrogens is 2. The normalized spacial score (nSPS) is 10.6. The second-order valence-electron chi connectivity index (χ2n) is 5.90. The molecule has 0 aliphatic rings. The Hall–Kier alpha value is -3.44. The zero-order chi connectivity index (χ0) is 18.6. The third kappa shape index (κ3) is 3.88. The monoisotopic (exact) mass is 374 g/mol. The molecular weight excluding hydrogens is 360 g/mol. The van der Waals surface area contributed by atoms with Crippen molar-refractivity contribution in [1.82, 2.24) is 9.97 Å². The first-order valence-electron chi connectivity index (χ1n) is 8.33. The topological polar surface area (TPSA) is 66.9 Å². The largest absolute Gasteiger partial charge is 0.338 e. The van der Waals surface area contributed by atoms with Gasteiger partial charge in [0.15, 0.2) is 0 Å². The molecule has 0 saturated carbocycles. The van der Waals surface area contributed by atoms with Gasteiger partial charge in [-0.1, -0.05) is 35.9 Å². The van der Waals surface area contributed by atoms with Crippen molar-refractivity contribution in [2.24, 2.45) is 0 Å². The molecule has 132 valence electrons. The minimum absolute atomic E-state index is 0.247. The summed E-state index contributed by atoms with van der Waals surface area (Å²) in [5.74, 6) is 0.385. The van der Waals surface area contributed by atoms with Crippen LogP contribution in [0.5, 0.6) is 0 Å². The number of carbonyl (C=O) groups excluding carboxylic acids is 1. The first-order chi connectivity index (χ1) is 13.2. The summed E-state index contributed by atoms with van der Waals surface area (Å²) in [5.41, 5.74) is 2.81. The lowest BCUT2D eigenvalue weighted by molar-refractivity contribution is 0.102. The summed E-state index contributed by atoms with van der Waals surface area (Å²) in [5, 5.41) is 7.65. The van der Waals surface area contributed by atoms with Gasteiger partial charge in [0.2, 0.25) is 0 Å². The van der Waals surface area contributed by atoms with Crippen molar-refractivity contribution in [2.75, 3.05) is 10.6 Å². The maximum Gasteiger partial charge on any atom is 0.257 e. The molecule has 0 aliphatic heterocycles. The SMILES string of the molecule is O=C(Nc1cccc(Cl)c1)c1ccc(Nc2cccc3cccnc23)nc1. The quantitative estimate of drug-likeness (QED) is 0.510. The number of fused-ring (bicyclic) bond motifs is 1. The van der Waals surface area contributed by atoms with Crippen LogP contribution in [0.2, 0.25) is 5.02 Å². The van der Waals surface area contributed by atoms with Gasteiger partial charge in [-0.05, 0) is 42.5 Å². The Labute approximate surface area is 161 Å². The molecule has 1 amide bonds. The number of hydrogen-bond donors (Lipinski definition) is 2. The standard InChI is InChI=1S/C21H15ClN4O/c22-16-6-2-7-17(12-16)25-21(27)15-9-10-19(24-13-15)26-18-8-1-4-14-5-3-11-23-20(14)18/h1-13H,(H,24,26)(H,25,27). The molecule has 4 aromatic rings. The number of halogens is 1. The highest BCUT2D eigenvalue weighted by Crippen LogP contribution is 2.24. The van der Waals surface area contributed by atoms with Crippen LogP contribution in [0.4, 0.5) is 17.2 Å². The highest BCUT2D eigenvalue weighted by Gasteiger charge is 2.08. The van der Waals surface area contributed by atoms with Crippen molar-refractivity contribution >= 4 is 45.6 Å². The summed E-state index contributed by atoms with van der Waals surface area (Å²) >= 11 is 5.94. The molecule has 5 nitrogen and oxygen atoms in total. The van der Waals surface area contributed by atoms with E-state index in [2.05, 4.69) is 20.6 Å². The average Bonchev–Trinajstić information content (AvgIpc) is 2.69. The van der Waals surface area contributed by atoms with E-state index < -0.39 is 0 Å². The molecule has 0 radical (unpaired) electrons. The van der Waals surface area contributed by atoms with Crippen LogP contribution in [-0.4, -0.2) is 15.9 Å². The number of nitrogens with zero attached hydrogens (tertiary/aromatic N) is 2. The van der Waals surface area contributed by atoms with Crippen molar-refractivity contribution in [3.8, 4) is 0 Å². The molecule has 27 heavy (non-hydrogen) atoms. The molecule has 0 aliphatic carbocycles. The Balaban J connectivity index is 1.51. The molecule has 0 spiro atoms. The van der Waals surface area contributed by atoms with Gasteiger partial charge in [0.25, 0.3) is 5.91 Å². The zero-order valence-electron chi connectivity index (χ0n) is 14.2. The summed E-state index contributed by atoms with van der Waals surface area (Å²) in [6.45, 7) is 0. The molecule has 0 atom stereocenters. The van der Waals surface area contributed by atoms with Crippen LogP contribution in [0.15, 0.2) is 79.1 Å². The van der Waals surface area contributed by atoms with E-state index in [4.69, 9.17) is 11.6 Å². The lowest BCUT2D eigenvalue weighted by Gasteiger charge is -2.09. The number of rotatable bonds is 4. The summed E-state index contributed by atoms with van der Waals surface area (Å²) in [6, 6.07) is 20.3. The lowest BCUT2D eigenvalue weighted by Crippen LogP contribution is -2.12. The fraction of sp³-hybridized carbons (Fsp3) is 0. The number of nitrogens with one attached hydrogen (secondary N) is 2. The minimum Gasteiger partial charge on any atom is -0.338 e. The summed E-state index contributed by atoms with van der Waals surface area (Å²) in [7, 11) is 0. The molecule has 0 fully saturated rings. The molecule has 2 aromatic heterocycles. The molecule has 2 heterocycles. The summed E-state index contributed by atoms with van der Waals surface area (Å²) < 4.78 is 0. The van der Waals surface area contributed by atoms with Gasteiger partial charge < -0.3 is 10.6 Å². The van der Waals surface area contributed by atoms with Gasteiger partial charge in [-0.25, -0.2) is 4.98 Å². The second kappa shape index (κ2) is 7.43. The van der Waals surface area contributed by atoms with E-state index in [0.29, 0.717) is 22.1 Å². The highest BCUT2D eigenvalue weighted by atomic mass is 35.5. The molecule has 4 rings (SSSR count). The Bertz CT molecular complexity index is 1110. The van der Waals surface area contributed by atoms with Gasteiger partial charge in [0, 0.05) is 28.5 Å². The minimum atomic E-state index is -0.247. The highest BCUT2D eigenvalue weighted by molar-refractivity contribution is 6.31. The van der Waals surface area contributed by atoms with Gasteiger partial charge in [0.05, 0.1) is 16.8 Å². The predicted molar refractivity (Wildman–Crippen MR) is 109 cm³/mol. The van der Waals surface area contributed by atoms with Crippen molar-refractivity contribution in [2.45, 2.75) is 0 Å². The number of para-hydroxylation sites is 1. The van der Waals surface area contributed by atoms with Crippen LogP contribution in [0.3, 0.4) is 0 Å². The summed E-state index contributed by atoms with van der Waals surface area (Å²) in [6.07, 6.45) is 3.28. The number of hydrogen-bond acceptors (Lipinski definition) is 4. The summed E-state index contributed by atoms with van der Waals surface area (Å²) in [4.78, 5) is 21.1. The Kier molecular flexibility index (Phi) is 4.68. The maximum absolute atomic E-state index is 12.3. The Morgan fingerprint density at radius 2 is 1.78 bits per heavy atom. The zero-order valence-corrected chi connectivity index (χ0v) is 14.9. The Morgan fingerprint density at radius 3 is 2.59 bits per heavy atom. The first-order valence-corrected chi connectivity index (χ1v) is 8.70. The number of amides is 1. The third-order valence-corrected chi connectivity index (χ3v) is 4.24. The molecular formula is C21H15ClN4O. The van der Waals surface area contributed by atoms with E-state index in [1.807, 2.05) is 30.3 Å². The van der Waals surface area contributed by atoms with Crippen molar-refractivity contribution < 1.29 is 4.79 Å². The van der Waals surface area contributed by atoms with Crippen LogP contribution in [0.25, 0.3) is 10.9 Å². The van der Waals surface area contributed by atoms with E-state index in [9.17, 15) is 4.79 Å². The Morgan fingerprint density at radius 1 is 0.926 bits per heavy atom. The van der Waals surface area contributed by atoms with E-state index in [-0.39, 0.29) is 5.91 Å². The maximum atomic E-state index is 12.3. The van der Waals surface area contributed by atoms with E-state index in [1.54, 1.807) is 42.6 Å². The smallest absolute Gasteiger partial charge is 0.257 e. The number of pyridine rings is 2. The lowest BCUT2D eigenvalue weighted by atomic mass is 10.2. The second-order valence-corrected chi connectivity index (χ2v) is 6.34. The molecule has 2 aromatic carbocycles. The number of anilines is 3. The molecule has 0 saturated heterocycles. The van der Waals surface area contributed by atoms with Gasteiger partial charge >= 0.3 is 0 Å². The first kappa shape index (κ1) is 17.0. The predicted octanol–water partition coefficient (Wildman–Crippen LogP) is 5.28. The van der Waals surface area contributed by atoms with E-state index >= 15 is 0 Å². The van der Waals surface area contributed by atoms with Crippen LogP contribution in [-0.2, 0) is 0 Å². The van der Waals surface area contributed by atoms with Gasteiger partial charge in [-0.15, -0.1) is 0 Å². The van der Waals surface area contributed by atoms with Crippen molar-refractivity contribution in [3.05, 3.63) is 89.7 Å². The van der Waals surface area contributed by atoms with Crippen LogP contribution in [0, 0.1) is 0 Å². The fourth-order valence-corrected chi connectivity index (χ4v) is 2.90. The fourth-order valence-electron chi connectivity index (χ4n) is 2.71. The molecule has 6 heteroatoms. The van der Waals surface area contributed by atoms with Gasteiger partial charge in [0.1, 0.15) is 5.82 Å².